The first-order valence-corrected chi connectivity index (χ1v) is 5.91. The third kappa shape index (κ3) is 3.58. The van der Waals surface area contributed by atoms with Crippen LogP contribution in [0.2, 0.25) is 0 Å². The van der Waals surface area contributed by atoms with Crippen molar-refractivity contribution in [1.29, 1.82) is 0 Å². The molecule has 1 N–H and O–H groups in total. The Kier molecular flexibility index (Phi) is 4.90. The predicted octanol–water partition coefficient (Wildman–Crippen LogP) is 2.44. The van der Waals surface area contributed by atoms with Crippen molar-refractivity contribution in [3.8, 4) is 0 Å². The maximum atomic E-state index is 5.53. The highest BCUT2D eigenvalue weighted by Gasteiger charge is 2.33. The largest absolute Gasteiger partial charge is 0.381 e. The molecule has 14 heavy (non-hydrogen) atoms. The van der Waals surface area contributed by atoms with Crippen LogP contribution in [-0.4, -0.2) is 26.8 Å². The Morgan fingerprint density at radius 1 is 1.43 bits per heavy atom. The van der Waals surface area contributed by atoms with E-state index in [4.69, 9.17) is 4.74 Å². The van der Waals surface area contributed by atoms with Gasteiger partial charge in [-0.15, -0.1) is 0 Å². The number of hydrogen-bond acceptors (Lipinski definition) is 2. The van der Waals surface area contributed by atoms with Gasteiger partial charge in [0, 0.05) is 18.6 Å². The van der Waals surface area contributed by atoms with Gasteiger partial charge in [0.1, 0.15) is 0 Å². The van der Waals surface area contributed by atoms with Crippen LogP contribution in [0, 0.1) is 11.3 Å². The highest BCUT2D eigenvalue weighted by atomic mass is 16.5. The third-order valence-electron chi connectivity index (χ3n) is 3.23. The molecule has 1 aliphatic heterocycles. The summed E-state index contributed by atoms with van der Waals surface area (Å²) in [4.78, 5) is 0. The average molecular weight is 199 g/mol. The summed E-state index contributed by atoms with van der Waals surface area (Å²) in [5, 5.41) is 3.31. The SMILES string of the molecule is CNCC1(CCCC(C)C)CCOC1. The Morgan fingerprint density at radius 2 is 2.21 bits per heavy atom. The normalized spacial score (nSPS) is 27.4. The first kappa shape index (κ1) is 12.0. The van der Waals surface area contributed by atoms with Gasteiger partial charge < -0.3 is 10.1 Å². The van der Waals surface area contributed by atoms with E-state index >= 15 is 0 Å². The summed E-state index contributed by atoms with van der Waals surface area (Å²) in [6, 6.07) is 0. The minimum Gasteiger partial charge on any atom is -0.381 e. The van der Waals surface area contributed by atoms with E-state index in [1.54, 1.807) is 0 Å². The van der Waals surface area contributed by atoms with E-state index in [-0.39, 0.29) is 0 Å². The molecule has 1 saturated heterocycles. The number of hydrogen-bond donors (Lipinski definition) is 1. The Labute approximate surface area is 88.4 Å². The molecule has 0 aromatic rings. The van der Waals surface area contributed by atoms with Crippen molar-refractivity contribution in [3.05, 3.63) is 0 Å². The van der Waals surface area contributed by atoms with Crippen molar-refractivity contribution >= 4 is 0 Å². The molecule has 1 unspecified atom stereocenters. The fourth-order valence-electron chi connectivity index (χ4n) is 2.33. The predicted molar refractivity (Wildman–Crippen MR) is 60.5 cm³/mol. The van der Waals surface area contributed by atoms with Crippen LogP contribution < -0.4 is 5.32 Å². The lowest BCUT2D eigenvalue weighted by Gasteiger charge is -2.27. The molecule has 1 heterocycles. The van der Waals surface area contributed by atoms with Crippen LogP contribution in [0.1, 0.15) is 39.5 Å². The van der Waals surface area contributed by atoms with Crippen LogP contribution in [0.4, 0.5) is 0 Å². The minimum atomic E-state index is 0.448. The van der Waals surface area contributed by atoms with E-state index in [0.717, 1.165) is 25.7 Å². The molecule has 84 valence electrons. The topological polar surface area (TPSA) is 21.3 Å². The van der Waals surface area contributed by atoms with E-state index in [1.165, 1.54) is 25.7 Å². The zero-order chi connectivity index (χ0) is 10.4. The molecule has 2 nitrogen and oxygen atoms in total. The molecule has 1 rings (SSSR count). The van der Waals surface area contributed by atoms with Gasteiger partial charge in [-0.25, -0.2) is 0 Å². The number of nitrogens with one attached hydrogen (secondary N) is 1. The summed E-state index contributed by atoms with van der Waals surface area (Å²) < 4.78 is 5.53. The van der Waals surface area contributed by atoms with Crippen molar-refractivity contribution in [2.24, 2.45) is 11.3 Å². The summed E-state index contributed by atoms with van der Waals surface area (Å²) in [6.45, 7) is 7.65. The molecule has 1 aliphatic rings. The van der Waals surface area contributed by atoms with Crippen LogP contribution >= 0.6 is 0 Å². The molecular weight excluding hydrogens is 174 g/mol. The van der Waals surface area contributed by atoms with Gasteiger partial charge in [0.15, 0.2) is 0 Å². The molecule has 1 atom stereocenters. The van der Waals surface area contributed by atoms with Gasteiger partial charge in [-0.1, -0.05) is 26.7 Å². The summed E-state index contributed by atoms with van der Waals surface area (Å²) in [7, 11) is 2.04. The van der Waals surface area contributed by atoms with E-state index in [2.05, 4.69) is 19.2 Å². The van der Waals surface area contributed by atoms with E-state index in [1.807, 2.05) is 7.05 Å². The van der Waals surface area contributed by atoms with Crippen molar-refractivity contribution in [3.63, 3.8) is 0 Å². The molecule has 0 spiro atoms. The molecule has 0 aromatic carbocycles. The molecular formula is C12H25NO. The van der Waals surface area contributed by atoms with Gasteiger partial charge in [-0.2, -0.15) is 0 Å². The zero-order valence-electron chi connectivity index (χ0n) is 9.94. The minimum absolute atomic E-state index is 0.448. The number of ether oxygens (including phenoxy) is 1. The Morgan fingerprint density at radius 3 is 2.71 bits per heavy atom. The molecule has 0 bridgehead atoms. The van der Waals surface area contributed by atoms with Crippen molar-refractivity contribution in [2.45, 2.75) is 39.5 Å². The quantitative estimate of drug-likeness (QED) is 0.709. The first-order valence-electron chi connectivity index (χ1n) is 5.91. The van der Waals surface area contributed by atoms with Gasteiger partial charge in [-0.3, -0.25) is 0 Å². The molecule has 0 amide bonds. The monoisotopic (exact) mass is 199 g/mol. The fourth-order valence-corrected chi connectivity index (χ4v) is 2.33. The van der Waals surface area contributed by atoms with Crippen molar-refractivity contribution < 1.29 is 4.74 Å². The maximum Gasteiger partial charge on any atom is 0.0535 e. The van der Waals surface area contributed by atoms with E-state index in [9.17, 15) is 0 Å². The molecule has 2 heteroatoms. The summed E-state index contributed by atoms with van der Waals surface area (Å²) in [5.74, 6) is 0.837. The maximum absolute atomic E-state index is 5.53. The number of rotatable bonds is 6. The second-order valence-corrected chi connectivity index (χ2v) is 5.12. The molecule has 0 aliphatic carbocycles. The van der Waals surface area contributed by atoms with Gasteiger partial charge in [0.25, 0.3) is 0 Å². The van der Waals surface area contributed by atoms with Crippen LogP contribution in [0.15, 0.2) is 0 Å². The van der Waals surface area contributed by atoms with E-state index < -0.39 is 0 Å². The van der Waals surface area contributed by atoms with Gasteiger partial charge in [0.05, 0.1) is 6.61 Å². The lowest BCUT2D eigenvalue weighted by molar-refractivity contribution is 0.142. The highest BCUT2D eigenvalue weighted by Crippen LogP contribution is 2.33. The third-order valence-corrected chi connectivity index (χ3v) is 3.23. The van der Waals surface area contributed by atoms with Crippen LogP contribution in [-0.2, 0) is 4.74 Å². The standard InChI is InChI=1S/C12H25NO/c1-11(2)5-4-6-12(9-13-3)7-8-14-10-12/h11,13H,4-10H2,1-3H3. The lowest BCUT2D eigenvalue weighted by Crippen LogP contribution is -2.33. The molecule has 0 aromatic heterocycles. The van der Waals surface area contributed by atoms with Gasteiger partial charge in [-0.05, 0) is 25.8 Å². The van der Waals surface area contributed by atoms with Crippen molar-refractivity contribution in [2.75, 3.05) is 26.8 Å². The van der Waals surface area contributed by atoms with Crippen LogP contribution in [0.5, 0.6) is 0 Å². The van der Waals surface area contributed by atoms with Crippen molar-refractivity contribution in [1.82, 2.24) is 5.32 Å². The first-order chi connectivity index (χ1) is 6.68. The average Bonchev–Trinajstić information content (AvgIpc) is 2.53. The smallest absolute Gasteiger partial charge is 0.0535 e. The van der Waals surface area contributed by atoms with Crippen LogP contribution in [0.3, 0.4) is 0 Å². The Bertz CT molecular complexity index is 150. The Balaban J connectivity index is 2.28. The summed E-state index contributed by atoms with van der Waals surface area (Å²) in [6.07, 6.45) is 5.27. The zero-order valence-corrected chi connectivity index (χ0v) is 9.94. The van der Waals surface area contributed by atoms with Gasteiger partial charge in [0.2, 0.25) is 0 Å². The fraction of sp³-hybridized carbons (Fsp3) is 1.00. The van der Waals surface area contributed by atoms with E-state index in [0.29, 0.717) is 5.41 Å². The van der Waals surface area contributed by atoms with Gasteiger partial charge >= 0.3 is 0 Å². The molecule has 0 radical (unpaired) electrons. The highest BCUT2D eigenvalue weighted by molar-refractivity contribution is 4.84. The van der Waals surface area contributed by atoms with Crippen LogP contribution in [0.25, 0.3) is 0 Å². The summed E-state index contributed by atoms with van der Waals surface area (Å²) in [5.41, 5.74) is 0.448. The second-order valence-electron chi connectivity index (χ2n) is 5.12. The lowest BCUT2D eigenvalue weighted by atomic mass is 9.81. The second kappa shape index (κ2) is 5.72. The Hall–Kier alpha value is -0.0800. The molecule has 1 fully saturated rings. The molecule has 0 saturated carbocycles. The summed E-state index contributed by atoms with van der Waals surface area (Å²) >= 11 is 0.